The summed E-state index contributed by atoms with van der Waals surface area (Å²) in [6.07, 6.45) is 0. The summed E-state index contributed by atoms with van der Waals surface area (Å²) < 4.78 is 39.7. The van der Waals surface area contributed by atoms with Crippen molar-refractivity contribution in [2.75, 3.05) is 0 Å². The minimum Gasteiger partial charge on any atom is -0.320 e. The van der Waals surface area contributed by atoms with Crippen molar-refractivity contribution >= 4 is 11.6 Å². The zero-order valence-electron chi connectivity index (χ0n) is 10.1. The molecule has 2 aromatic rings. The molecule has 0 amide bonds. The fraction of sp³-hybridized carbons (Fsp3) is 0.143. The highest BCUT2D eigenvalue weighted by Crippen LogP contribution is 2.27. The normalized spacial score (nSPS) is 12.5. The zero-order chi connectivity index (χ0) is 14.2. The third-order valence-electron chi connectivity index (χ3n) is 2.96. The van der Waals surface area contributed by atoms with Crippen molar-refractivity contribution in [3.63, 3.8) is 0 Å². The van der Waals surface area contributed by atoms with Crippen LogP contribution in [0.1, 0.15) is 22.7 Å². The van der Waals surface area contributed by atoms with Gasteiger partial charge in [0.25, 0.3) is 0 Å². The predicted molar refractivity (Wildman–Crippen MR) is 68.5 cm³/mol. The maximum atomic E-state index is 13.7. The van der Waals surface area contributed by atoms with Gasteiger partial charge >= 0.3 is 0 Å². The summed E-state index contributed by atoms with van der Waals surface area (Å²) in [7, 11) is 0. The smallest absolute Gasteiger partial charge is 0.194 e. The molecule has 0 spiro atoms. The Bertz CT molecular complexity index is 628. The standard InChI is InChI=1S/C14H11ClF3N/c1-7-2-3-8(6-10(7)15)14(19)9-4-5-11(16)13(18)12(9)17/h2-6,14H,19H2,1H3. The molecule has 100 valence electrons. The van der Waals surface area contributed by atoms with Crippen molar-refractivity contribution in [3.05, 3.63) is 69.5 Å². The Morgan fingerprint density at radius 1 is 1.05 bits per heavy atom. The Kier molecular flexibility index (Phi) is 3.83. The lowest BCUT2D eigenvalue weighted by Gasteiger charge is -2.15. The molecule has 5 heteroatoms. The highest BCUT2D eigenvalue weighted by atomic mass is 35.5. The molecule has 1 atom stereocenters. The minimum absolute atomic E-state index is 0.112. The van der Waals surface area contributed by atoms with Gasteiger partial charge in [-0.05, 0) is 30.2 Å². The Hall–Kier alpha value is -1.52. The van der Waals surface area contributed by atoms with Crippen LogP contribution in [0, 0.1) is 24.4 Å². The van der Waals surface area contributed by atoms with Gasteiger partial charge in [0, 0.05) is 10.6 Å². The van der Waals surface area contributed by atoms with Crippen molar-refractivity contribution in [2.45, 2.75) is 13.0 Å². The van der Waals surface area contributed by atoms with Crippen molar-refractivity contribution < 1.29 is 13.2 Å². The first-order chi connectivity index (χ1) is 8.91. The van der Waals surface area contributed by atoms with Gasteiger partial charge in [-0.25, -0.2) is 13.2 Å². The molecule has 2 rings (SSSR count). The Labute approximate surface area is 113 Å². The highest BCUT2D eigenvalue weighted by Gasteiger charge is 2.19. The van der Waals surface area contributed by atoms with E-state index in [1.807, 2.05) is 6.92 Å². The monoisotopic (exact) mass is 285 g/mol. The van der Waals surface area contributed by atoms with Crippen molar-refractivity contribution in [1.82, 2.24) is 0 Å². The molecule has 0 saturated heterocycles. The fourth-order valence-corrected chi connectivity index (χ4v) is 1.95. The quantitative estimate of drug-likeness (QED) is 0.826. The Morgan fingerprint density at radius 3 is 2.37 bits per heavy atom. The molecule has 0 aliphatic heterocycles. The number of benzene rings is 2. The van der Waals surface area contributed by atoms with E-state index < -0.39 is 23.5 Å². The van der Waals surface area contributed by atoms with Crippen LogP contribution in [0.5, 0.6) is 0 Å². The molecular formula is C14H11ClF3N. The summed E-state index contributed by atoms with van der Waals surface area (Å²) in [4.78, 5) is 0. The molecule has 2 N–H and O–H groups in total. The number of nitrogens with two attached hydrogens (primary N) is 1. The van der Waals surface area contributed by atoms with Crippen LogP contribution in [0.4, 0.5) is 13.2 Å². The molecule has 0 aromatic heterocycles. The van der Waals surface area contributed by atoms with Gasteiger partial charge in [0.15, 0.2) is 17.5 Å². The maximum absolute atomic E-state index is 13.7. The van der Waals surface area contributed by atoms with Crippen molar-refractivity contribution in [2.24, 2.45) is 5.73 Å². The van der Waals surface area contributed by atoms with Crippen LogP contribution < -0.4 is 5.73 Å². The predicted octanol–water partition coefficient (Wildman–Crippen LogP) is 4.11. The first kappa shape index (κ1) is 13.9. The summed E-state index contributed by atoms with van der Waals surface area (Å²) in [6.45, 7) is 1.82. The molecule has 0 radical (unpaired) electrons. The van der Waals surface area contributed by atoms with Gasteiger partial charge in [0.2, 0.25) is 0 Å². The van der Waals surface area contributed by atoms with Crippen LogP contribution in [0.25, 0.3) is 0 Å². The lowest BCUT2D eigenvalue weighted by molar-refractivity contribution is 0.438. The minimum atomic E-state index is -1.52. The van der Waals surface area contributed by atoms with E-state index in [1.165, 1.54) is 0 Å². The average Bonchev–Trinajstić information content (AvgIpc) is 2.39. The van der Waals surface area contributed by atoms with Gasteiger partial charge < -0.3 is 5.73 Å². The molecule has 0 bridgehead atoms. The lowest BCUT2D eigenvalue weighted by atomic mass is 9.98. The van der Waals surface area contributed by atoms with Crippen molar-refractivity contribution in [3.8, 4) is 0 Å². The Morgan fingerprint density at radius 2 is 1.74 bits per heavy atom. The van der Waals surface area contributed by atoms with Crippen LogP contribution in [0.15, 0.2) is 30.3 Å². The van der Waals surface area contributed by atoms with Gasteiger partial charge in [-0.1, -0.05) is 29.8 Å². The van der Waals surface area contributed by atoms with Gasteiger partial charge in [0.1, 0.15) is 0 Å². The van der Waals surface area contributed by atoms with Crippen molar-refractivity contribution in [1.29, 1.82) is 0 Å². The molecule has 0 saturated carbocycles. The maximum Gasteiger partial charge on any atom is 0.194 e. The van der Waals surface area contributed by atoms with E-state index in [-0.39, 0.29) is 5.56 Å². The largest absolute Gasteiger partial charge is 0.320 e. The van der Waals surface area contributed by atoms with E-state index in [0.29, 0.717) is 10.6 Å². The number of hydrogen-bond donors (Lipinski definition) is 1. The number of halogens is 4. The third-order valence-corrected chi connectivity index (χ3v) is 3.36. The first-order valence-electron chi connectivity index (χ1n) is 5.57. The van der Waals surface area contributed by atoms with E-state index in [0.717, 1.165) is 17.7 Å². The van der Waals surface area contributed by atoms with Crippen LogP contribution >= 0.6 is 11.6 Å². The number of rotatable bonds is 2. The fourth-order valence-electron chi connectivity index (χ4n) is 1.76. The van der Waals surface area contributed by atoms with Crippen LogP contribution in [0.3, 0.4) is 0 Å². The number of aryl methyl sites for hydroxylation is 1. The molecule has 0 aliphatic carbocycles. The lowest BCUT2D eigenvalue weighted by Crippen LogP contribution is -2.15. The molecule has 1 unspecified atom stereocenters. The Balaban J connectivity index is 2.47. The van der Waals surface area contributed by atoms with E-state index in [1.54, 1.807) is 18.2 Å². The van der Waals surface area contributed by atoms with Gasteiger partial charge in [0.05, 0.1) is 6.04 Å². The second-order valence-corrected chi connectivity index (χ2v) is 4.66. The van der Waals surface area contributed by atoms with E-state index in [9.17, 15) is 13.2 Å². The topological polar surface area (TPSA) is 26.0 Å². The summed E-state index contributed by atoms with van der Waals surface area (Å²) >= 11 is 5.96. The van der Waals surface area contributed by atoms with E-state index >= 15 is 0 Å². The molecule has 19 heavy (non-hydrogen) atoms. The number of hydrogen-bond acceptors (Lipinski definition) is 1. The van der Waals surface area contributed by atoms with Crippen LogP contribution in [0.2, 0.25) is 5.02 Å². The molecule has 0 fully saturated rings. The second kappa shape index (κ2) is 5.23. The van der Waals surface area contributed by atoms with Crippen LogP contribution in [-0.2, 0) is 0 Å². The summed E-state index contributed by atoms with van der Waals surface area (Å²) in [6, 6.07) is 6.06. The summed E-state index contributed by atoms with van der Waals surface area (Å²) in [5, 5.41) is 0.482. The third kappa shape index (κ3) is 2.60. The summed E-state index contributed by atoms with van der Waals surface area (Å²) in [5.74, 6) is -4.04. The SMILES string of the molecule is Cc1ccc(C(N)c2ccc(F)c(F)c2F)cc1Cl. The van der Waals surface area contributed by atoms with Gasteiger partial charge in [-0.2, -0.15) is 0 Å². The average molecular weight is 286 g/mol. The van der Waals surface area contributed by atoms with Crippen LogP contribution in [-0.4, -0.2) is 0 Å². The van der Waals surface area contributed by atoms with E-state index in [4.69, 9.17) is 17.3 Å². The van der Waals surface area contributed by atoms with Gasteiger partial charge in [-0.15, -0.1) is 0 Å². The van der Waals surface area contributed by atoms with E-state index in [2.05, 4.69) is 0 Å². The molecule has 1 nitrogen and oxygen atoms in total. The molecular weight excluding hydrogens is 275 g/mol. The molecule has 0 aliphatic rings. The molecule has 0 heterocycles. The summed E-state index contributed by atoms with van der Waals surface area (Å²) in [5.41, 5.74) is 7.13. The van der Waals surface area contributed by atoms with Gasteiger partial charge in [-0.3, -0.25) is 0 Å². The zero-order valence-corrected chi connectivity index (χ0v) is 10.8. The second-order valence-electron chi connectivity index (χ2n) is 4.25. The first-order valence-corrected chi connectivity index (χ1v) is 5.94. The molecule has 2 aromatic carbocycles. The highest BCUT2D eigenvalue weighted by molar-refractivity contribution is 6.31.